The highest BCUT2D eigenvalue weighted by molar-refractivity contribution is 9.10. The molecule has 6 nitrogen and oxygen atoms in total. The van der Waals surface area contributed by atoms with Crippen LogP contribution in [0.25, 0.3) is 0 Å². The molecule has 1 unspecified atom stereocenters. The number of carbonyl (C=O) groups is 1. The second-order valence-corrected chi connectivity index (χ2v) is 8.20. The molecule has 11 heteroatoms. The molecule has 4 rings (SSSR count). The zero-order valence-electron chi connectivity index (χ0n) is 17.6. The van der Waals surface area contributed by atoms with Gasteiger partial charge < -0.3 is 19.5 Å². The standard InChI is InChI=1S/C23H17BrF4N2O4/c1-32-19-11-13(4-6-15(19)24)21(31)30-22(8-10-33-18-3-2-9-29-20(18)22)14-5-7-17(16(25)12-14)34-23(26,27)28/h2-7,9,11-12H,8,10H2,1H3,(H,30,31). The molecule has 1 amide bonds. The van der Waals surface area contributed by atoms with Crippen LogP contribution in [0.1, 0.15) is 28.0 Å². The molecule has 1 aromatic heterocycles. The molecule has 1 N–H and O–H groups in total. The average Bonchev–Trinajstić information content (AvgIpc) is 2.80. The Bertz CT molecular complexity index is 1240. The Morgan fingerprint density at radius 2 is 1.97 bits per heavy atom. The van der Waals surface area contributed by atoms with Crippen LogP contribution < -0.4 is 19.5 Å². The normalized spacial score (nSPS) is 17.4. The third-order valence-electron chi connectivity index (χ3n) is 5.30. The zero-order valence-corrected chi connectivity index (χ0v) is 19.2. The van der Waals surface area contributed by atoms with Gasteiger partial charge in [-0.1, -0.05) is 6.07 Å². The molecule has 0 saturated carbocycles. The molecule has 0 spiro atoms. The Morgan fingerprint density at radius 1 is 1.18 bits per heavy atom. The van der Waals surface area contributed by atoms with E-state index in [1.807, 2.05) is 0 Å². The first kappa shape index (κ1) is 23.8. The van der Waals surface area contributed by atoms with Gasteiger partial charge in [0.15, 0.2) is 11.6 Å². The van der Waals surface area contributed by atoms with Gasteiger partial charge in [0.1, 0.15) is 22.7 Å². The number of hydrogen-bond donors (Lipinski definition) is 1. The van der Waals surface area contributed by atoms with Crippen molar-refractivity contribution in [1.29, 1.82) is 0 Å². The summed E-state index contributed by atoms with van der Waals surface area (Å²) >= 11 is 3.33. The zero-order chi connectivity index (χ0) is 24.5. The number of rotatable bonds is 5. The highest BCUT2D eigenvalue weighted by atomic mass is 79.9. The molecule has 2 aromatic carbocycles. The van der Waals surface area contributed by atoms with Gasteiger partial charge in [0.25, 0.3) is 5.91 Å². The summed E-state index contributed by atoms with van der Waals surface area (Å²) in [6.45, 7) is 0.144. The van der Waals surface area contributed by atoms with Crippen molar-refractivity contribution in [2.75, 3.05) is 13.7 Å². The van der Waals surface area contributed by atoms with Crippen molar-refractivity contribution in [3.05, 3.63) is 81.8 Å². The van der Waals surface area contributed by atoms with Gasteiger partial charge in [-0.2, -0.15) is 0 Å². The number of pyridine rings is 1. The fourth-order valence-electron chi connectivity index (χ4n) is 3.78. The van der Waals surface area contributed by atoms with E-state index in [9.17, 15) is 22.4 Å². The van der Waals surface area contributed by atoms with Crippen LogP contribution in [0.3, 0.4) is 0 Å². The molecule has 0 fully saturated rings. The summed E-state index contributed by atoms with van der Waals surface area (Å²) in [5.41, 5.74) is -0.659. The lowest BCUT2D eigenvalue weighted by atomic mass is 9.81. The van der Waals surface area contributed by atoms with Crippen LogP contribution in [0.2, 0.25) is 0 Å². The summed E-state index contributed by atoms with van der Waals surface area (Å²) in [5, 5.41) is 2.90. The molecule has 2 heterocycles. The Morgan fingerprint density at radius 3 is 2.68 bits per heavy atom. The Balaban J connectivity index is 1.80. The minimum absolute atomic E-state index is 0.144. The largest absolute Gasteiger partial charge is 0.573 e. The monoisotopic (exact) mass is 540 g/mol. The lowest BCUT2D eigenvalue weighted by Crippen LogP contribution is -2.50. The van der Waals surface area contributed by atoms with Gasteiger partial charge >= 0.3 is 6.36 Å². The lowest BCUT2D eigenvalue weighted by molar-refractivity contribution is -0.275. The summed E-state index contributed by atoms with van der Waals surface area (Å²) in [4.78, 5) is 17.7. The quantitative estimate of drug-likeness (QED) is 0.442. The third kappa shape index (κ3) is 4.65. The van der Waals surface area contributed by atoms with E-state index in [2.05, 4.69) is 31.0 Å². The minimum atomic E-state index is -5.05. The molecule has 178 valence electrons. The van der Waals surface area contributed by atoms with Crippen LogP contribution in [-0.4, -0.2) is 31.0 Å². The fraction of sp³-hybridized carbons (Fsp3) is 0.217. The predicted molar refractivity (Wildman–Crippen MR) is 116 cm³/mol. The highest BCUT2D eigenvalue weighted by Crippen LogP contribution is 2.42. The smallest absolute Gasteiger partial charge is 0.496 e. The second-order valence-electron chi connectivity index (χ2n) is 7.35. The first-order valence-corrected chi connectivity index (χ1v) is 10.7. The van der Waals surface area contributed by atoms with E-state index < -0.39 is 29.4 Å². The van der Waals surface area contributed by atoms with Gasteiger partial charge in [0.2, 0.25) is 0 Å². The number of benzene rings is 2. The summed E-state index contributed by atoms with van der Waals surface area (Å²) in [5.74, 6) is -1.97. The van der Waals surface area contributed by atoms with Gasteiger partial charge in [-0.15, -0.1) is 13.2 Å². The molecule has 34 heavy (non-hydrogen) atoms. The second kappa shape index (κ2) is 9.13. The molecule has 1 atom stereocenters. The number of amides is 1. The van der Waals surface area contributed by atoms with Crippen LogP contribution in [0.15, 0.2) is 59.2 Å². The number of carbonyl (C=O) groups excluding carboxylic acids is 1. The van der Waals surface area contributed by atoms with E-state index in [4.69, 9.17) is 9.47 Å². The number of halogens is 5. The molecule has 1 aliphatic heterocycles. The maximum Gasteiger partial charge on any atom is 0.573 e. The first-order valence-electron chi connectivity index (χ1n) is 9.93. The van der Waals surface area contributed by atoms with Crippen LogP contribution >= 0.6 is 15.9 Å². The molecule has 0 saturated heterocycles. The summed E-state index contributed by atoms with van der Waals surface area (Å²) in [7, 11) is 1.45. The van der Waals surface area contributed by atoms with Gasteiger partial charge in [-0.25, -0.2) is 4.39 Å². The molecule has 0 bridgehead atoms. The summed E-state index contributed by atoms with van der Waals surface area (Å²) in [6, 6.07) is 11.0. The molecular formula is C23H17BrF4N2O4. The van der Waals surface area contributed by atoms with Crippen molar-refractivity contribution >= 4 is 21.8 Å². The minimum Gasteiger partial charge on any atom is -0.496 e. The highest BCUT2D eigenvalue weighted by Gasteiger charge is 2.43. The Kier molecular flexibility index (Phi) is 6.39. The summed E-state index contributed by atoms with van der Waals surface area (Å²) < 4.78 is 67.8. The van der Waals surface area contributed by atoms with E-state index >= 15 is 0 Å². The Hall–Kier alpha value is -3.34. The van der Waals surface area contributed by atoms with E-state index in [-0.39, 0.29) is 24.2 Å². The molecule has 0 radical (unpaired) electrons. The van der Waals surface area contributed by atoms with Gasteiger partial charge in [0, 0.05) is 18.2 Å². The van der Waals surface area contributed by atoms with Crippen LogP contribution in [0.5, 0.6) is 17.2 Å². The van der Waals surface area contributed by atoms with Gasteiger partial charge in [-0.3, -0.25) is 9.78 Å². The van der Waals surface area contributed by atoms with E-state index in [1.54, 1.807) is 24.3 Å². The lowest BCUT2D eigenvalue weighted by Gasteiger charge is -2.39. The SMILES string of the molecule is COc1cc(C(=O)NC2(c3ccc(OC(F)(F)F)c(F)c3)CCOc3cccnc32)ccc1Br. The molecule has 1 aliphatic rings. The van der Waals surface area contributed by atoms with E-state index in [1.165, 1.54) is 25.4 Å². The van der Waals surface area contributed by atoms with Crippen LogP contribution in [0.4, 0.5) is 17.6 Å². The molecular weight excluding hydrogens is 524 g/mol. The average molecular weight is 541 g/mol. The maximum atomic E-state index is 14.7. The number of fused-ring (bicyclic) bond motifs is 1. The Labute approximate surface area is 200 Å². The maximum absolute atomic E-state index is 14.7. The topological polar surface area (TPSA) is 69.7 Å². The van der Waals surface area contributed by atoms with Crippen molar-refractivity contribution in [3.8, 4) is 17.2 Å². The number of hydrogen-bond acceptors (Lipinski definition) is 5. The van der Waals surface area contributed by atoms with Crippen molar-refractivity contribution in [2.24, 2.45) is 0 Å². The van der Waals surface area contributed by atoms with Crippen LogP contribution in [0, 0.1) is 5.82 Å². The number of aromatic nitrogens is 1. The first-order chi connectivity index (χ1) is 16.1. The summed E-state index contributed by atoms with van der Waals surface area (Å²) in [6.07, 6.45) is -3.42. The molecule has 3 aromatic rings. The van der Waals surface area contributed by atoms with Crippen molar-refractivity contribution in [3.63, 3.8) is 0 Å². The number of ether oxygens (including phenoxy) is 3. The molecule has 0 aliphatic carbocycles. The number of nitrogens with zero attached hydrogens (tertiary/aromatic N) is 1. The predicted octanol–water partition coefficient (Wildman–Crippen LogP) is 5.35. The van der Waals surface area contributed by atoms with Crippen molar-refractivity contribution in [1.82, 2.24) is 10.3 Å². The van der Waals surface area contributed by atoms with Crippen molar-refractivity contribution < 1.29 is 36.6 Å². The van der Waals surface area contributed by atoms with Gasteiger partial charge in [-0.05, 0) is 64.0 Å². The number of alkyl halides is 3. The van der Waals surface area contributed by atoms with Crippen molar-refractivity contribution in [2.45, 2.75) is 18.3 Å². The number of methoxy groups -OCH3 is 1. The number of nitrogens with one attached hydrogen (secondary N) is 1. The van der Waals surface area contributed by atoms with Gasteiger partial charge in [0.05, 0.1) is 18.2 Å². The van der Waals surface area contributed by atoms with E-state index in [0.29, 0.717) is 21.7 Å². The van der Waals surface area contributed by atoms with Crippen LogP contribution in [-0.2, 0) is 5.54 Å². The third-order valence-corrected chi connectivity index (χ3v) is 5.96. The fourth-order valence-corrected chi connectivity index (χ4v) is 4.18. The van der Waals surface area contributed by atoms with E-state index in [0.717, 1.165) is 12.1 Å².